The summed E-state index contributed by atoms with van der Waals surface area (Å²) in [5, 5.41) is 36.6. The normalized spacial score (nSPS) is 15.4. The lowest BCUT2D eigenvalue weighted by molar-refractivity contribution is -0.387. The van der Waals surface area contributed by atoms with Crippen molar-refractivity contribution in [3.05, 3.63) is 234 Å². The number of ether oxygens (including phenoxy) is 7. The maximum atomic E-state index is 11.6. The van der Waals surface area contributed by atoms with Gasteiger partial charge >= 0.3 is 52.8 Å². The molecule has 26 nitrogen and oxygen atoms in total. The van der Waals surface area contributed by atoms with E-state index in [9.17, 15) is 34.6 Å². The van der Waals surface area contributed by atoms with E-state index in [0.29, 0.717) is 47.1 Å². The molecule has 1 aliphatic heterocycles. The number of halogens is 8. The molecule has 2 N–H and O–H groups in total. The molecule has 3 aliphatic carbocycles. The van der Waals surface area contributed by atoms with Crippen LogP contribution in [-0.2, 0) is 65.4 Å². The third-order valence-corrected chi connectivity index (χ3v) is 24.5. The van der Waals surface area contributed by atoms with Crippen molar-refractivity contribution in [3.8, 4) is 23.5 Å². The fraction of sp³-hybridized carbons (Fsp3) is 0.510. The summed E-state index contributed by atoms with van der Waals surface area (Å²) in [6.07, 6.45) is 11.0. The van der Waals surface area contributed by atoms with Gasteiger partial charge in [0.15, 0.2) is 0 Å². The number of aromatic carboxylic acids is 1. The first-order valence-corrected chi connectivity index (χ1v) is 45.1. The molecule has 0 spiro atoms. The number of nitro groups is 2. The highest BCUT2D eigenvalue weighted by atomic mass is 35.5. The van der Waals surface area contributed by atoms with Gasteiger partial charge in [0.25, 0.3) is 0 Å². The Labute approximate surface area is 804 Å². The van der Waals surface area contributed by atoms with E-state index in [4.69, 9.17) is 125 Å². The number of carboxylic acids is 1. The Morgan fingerprint density at radius 2 is 0.838 bits per heavy atom. The standard InChI is InChI=1S/C21H25ClO3.C20H23ClO3.C14H19Cl.C13H21N5O5.C8H16Cl2.C7H7ClO3.C6H6ClN3O4.C6H5Cl.CH4/c1-20(2)8-9-21(3,4)16-12-17(22)13(11-15(16)20)10-14-6-7-18(25-14)19(23)24-5;1-19(2)7-8-20(3,4)15-11-16(21)12(10-14(15)19)9-13-5-6-17(24-13)18(22)23;1-13(2)7-8-14(3,4)12-9-10(15)5-6-11(12)13;1-21-11-10(18(19)20)12(22-2)16-13(15-11)14-4-3-5-17-6-8-23-9-7-17;1-7(2,9)5-6-8(3,4)10;1-10-7(9)6-3-2-5(4-8)11-6;1-13-4-3(10(11)12)5(14-2)9-6(7)8-4;7-6-4-2-1-3-5-6;/h6-7,11-12H,8-10H2,1-5H3;5-6,10-11H,7-9H2,1-4H3,(H,22,23);5-6,9H,7-8H2,1-4H3;3-9H2,1-2H3,(H,14,15,16);5-6H2,1-4H3;2-3H,4H2,1H3;1-2H3;1-5H;1H4. The van der Waals surface area contributed by atoms with Crippen LogP contribution in [0.1, 0.15) is 269 Å². The van der Waals surface area contributed by atoms with Crippen LogP contribution in [0.25, 0.3) is 0 Å². The molecule has 13 rings (SSSR count). The SMILES string of the molecule is C.CC(C)(Cl)CCC(C)(C)Cl.CC1(C)CCC(C)(C)c2cc(Cc3ccc(C(=O)O)o3)c(Cl)cc21.CC1(C)CCC(C)(C)c2cc(Cl)ccc21.COC(=O)c1ccc(CCl)o1.COC(=O)c1ccc(Cc2cc3c(cc2Cl)C(C)(C)CCC3(C)C)o1.COc1nc(Cl)nc(OC)c1[N+](=O)[O-].COc1nc(NCCCN2CCOCC2)nc(OC)c1[N+](=O)[O-].Clc1ccccc1. The van der Waals surface area contributed by atoms with E-state index >= 15 is 0 Å². The lowest BCUT2D eigenvalue weighted by Crippen LogP contribution is -2.37. The molecule has 34 heteroatoms. The van der Waals surface area contributed by atoms with Gasteiger partial charge in [0, 0.05) is 62.3 Å². The van der Waals surface area contributed by atoms with E-state index in [1.165, 1.54) is 101 Å². The number of fused-ring (bicyclic) bond motifs is 3. The molecule has 714 valence electrons. The maximum Gasteiger partial charge on any atom is 0.392 e. The number of carboxylic acid groups (broad SMARTS) is 1. The lowest BCUT2D eigenvalue weighted by Gasteiger charge is -2.42. The van der Waals surface area contributed by atoms with E-state index in [1.54, 1.807) is 24.3 Å². The number of morpholine rings is 1. The summed E-state index contributed by atoms with van der Waals surface area (Å²) in [5.74, 6) is 0.0191. The smallest absolute Gasteiger partial charge is 0.392 e. The lowest BCUT2D eigenvalue weighted by atomic mass is 9.63. The number of hydrogen-bond donors (Lipinski definition) is 2. The molecule has 0 unspecified atom stereocenters. The molecule has 0 radical (unpaired) electrons. The second kappa shape index (κ2) is 49.4. The fourth-order valence-electron chi connectivity index (χ4n) is 14.5. The van der Waals surface area contributed by atoms with Crippen molar-refractivity contribution in [2.75, 3.05) is 87.4 Å². The fourth-order valence-corrected chi connectivity index (χ4v) is 15.8. The predicted molar refractivity (Wildman–Crippen MR) is 517 cm³/mol. The van der Waals surface area contributed by atoms with Crippen LogP contribution >= 0.6 is 92.8 Å². The van der Waals surface area contributed by atoms with Crippen LogP contribution < -0.4 is 24.3 Å². The molecule has 5 aromatic heterocycles. The van der Waals surface area contributed by atoms with Crippen LogP contribution in [0.15, 0.2) is 122 Å². The number of hydrogen-bond acceptors (Lipinski definition) is 23. The first-order valence-electron chi connectivity index (χ1n) is 42.0. The number of furan rings is 3. The molecule has 1 saturated heterocycles. The molecule has 0 atom stereocenters. The van der Waals surface area contributed by atoms with Gasteiger partial charge < -0.3 is 56.8 Å². The van der Waals surface area contributed by atoms with Gasteiger partial charge in [-0.05, 0) is 253 Å². The van der Waals surface area contributed by atoms with E-state index in [-0.39, 0.29) is 108 Å². The Hall–Kier alpha value is -8.67. The molecular formula is C96H126Cl8N8O18. The van der Waals surface area contributed by atoms with Crippen LogP contribution in [-0.4, -0.2) is 149 Å². The number of nitrogens with one attached hydrogen (secondary N) is 1. The van der Waals surface area contributed by atoms with E-state index < -0.39 is 33.4 Å². The van der Waals surface area contributed by atoms with Crippen molar-refractivity contribution in [3.63, 3.8) is 0 Å². The third-order valence-electron chi connectivity index (χ3n) is 22.5. The minimum absolute atomic E-state index is 0. The average Bonchev–Trinajstić information content (AvgIpc) is 0.809. The van der Waals surface area contributed by atoms with Crippen molar-refractivity contribution >= 4 is 128 Å². The first kappa shape index (κ1) is 112. The zero-order valence-corrected chi connectivity index (χ0v) is 83.7. The summed E-state index contributed by atoms with van der Waals surface area (Å²) in [7, 11) is 7.75. The summed E-state index contributed by atoms with van der Waals surface area (Å²) < 4.78 is 49.6. The zero-order chi connectivity index (χ0) is 96.5. The quantitative estimate of drug-likeness (QED) is 0.0159. The Morgan fingerprint density at radius 3 is 1.18 bits per heavy atom. The Balaban J connectivity index is 0.000000270. The highest BCUT2D eigenvalue weighted by Gasteiger charge is 2.41. The zero-order valence-electron chi connectivity index (χ0n) is 77.7. The minimum atomic E-state index is -1.05. The van der Waals surface area contributed by atoms with Crippen molar-refractivity contribution in [1.29, 1.82) is 0 Å². The first-order chi connectivity index (χ1) is 60.2. The van der Waals surface area contributed by atoms with Crippen LogP contribution in [0.4, 0.5) is 17.3 Å². The second-order valence-corrected chi connectivity index (χ2v) is 40.6. The molecule has 130 heavy (non-hydrogen) atoms. The van der Waals surface area contributed by atoms with Gasteiger partial charge in [0.05, 0.1) is 71.6 Å². The van der Waals surface area contributed by atoms with Crippen LogP contribution in [0, 0.1) is 20.2 Å². The Kier molecular flexibility index (Phi) is 42.5. The van der Waals surface area contributed by atoms with Crippen molar-refractivity contribution in [2.45, 2.75) is 237 Å². The number of benzene rings is 4. The van der Waals surface area contributed by atoms with E-state index in [0.717, 1.165) is 104 Å². The van der Waals surface area contributed by atoms with Gasteiger partial charge in [0.1, 0.15) is 17.3 Å². The minimum Gasteiger partial charge on any atom is -0.476 e. The highest BCUT2D eigenvalue weighted by molar-refractivity contribution is 6.32. The molecule has 0 bridgehead atoms. The molecule has 4 aromatic carbocycles. The number of nitrogens with zero attached hydrogens (tertiary/aromatic N) is 7. The second-order valence-electron chi connectivity index (χ2n) is 36.3. The van der Waals surface area contributed by atoms with Crippen molar-refractivity contribution in [2.24, 2.45) is 0 Å². The monoisotopic (exact) mass is 1960 g/mol. The van der Waals surface area contributed by atoms with Gasteiger partial charge in [-0.25, -0.2) is 14.4 Å². The van der Waals surface area contributed by atoms with Crippen molar-refractivity contribution in [1.82, 2.24) is 24.8 Å². The highest BCUT2D eigenvalue weighted by Crippen LogP contribution is 2.51. The summed E-state index contributed by atoms with van der Waals surface area (Å²) >= 11 is 47.7. The predicted octanol–water partition coefficient (Wildman–Crippen LogP) is 26.1. The molecule has 0 saturated carbocycles. The van der Waals surface area contributed by atoms with Crippen LogP contribution in [0.2, 0.25) is 25.4 Å². The number of anilines is 1. The molecule has 1 fully saturated rings. The maximum absolute atomic E-state index is 11.6. The van der Waals surface area contributed by atoms with Crippen LogP contribution in [0.5, 0.6) is 23.5 Å². The molecule has 0 amide bonds. The van der Waals surface area contributed by atoms with Gasteiger partial charge in [-0.2, -0.15) is 19.9 Å². The summed E-state index contributed by atoms with van der Waals surface area (Å²) in [5.41, 5.74) is 10.5. The number of esters is 2. The largest absolute Gasteiger partial charge is 0.476 e. The van der Waals surface area contributed by atoms with E-state index in [1.807, 2.05) is 64.1 Å². The van der Waals surface area contributed by atoms with Gasteiger partial charge in [-0.1, -0.05) is 173 Å². The number of rotatable bonds is 22. The summed E-state index contributed by atoms with van der Waals surface area (Å²) in [6, 6.07) is 34.2. The molecule has 9 aromatic rings. The number of carbonyl (C=O) groups is 3. The van der Waals surface area contributed by atoms with Gasteiger partial charge in [-0.3, -0.25) is 25.1 Å². The molecule has 6 heterocycles. The van der Waals surface area contributed by atoms with Gasteiger partial charge in [-0.15, -0.1) is 34.8 Å². The third kappa shape index (κ3) is 33.2. The summed E-state index contributed by atoms with van der Waals surface area (Å²) in [6.45, 7) is 40.6. The number of alkyl halides is 3. The summed E-state index contributed by atoms with van der Waals surface area (Å²) in [4.78, 5) is 70.8. The number of methoxy groups -OCH3 is 6. The average molecular weight is 1960 g/mol. The Morgan fingerprint density at radius 1 is 0.485 bits per heavy atom. The van der Waals surface area contributed by atoms with Gasteiger partial charge in [0.2, 0.25) is 28.5 Å². The molecule has 4 aliphatic rings. The van der Waals surface area contributed by atoms with E-state index in [2.05, 4.69) is 169 Å². The molecular weight excluding hydrogens is 1840 g/mol. The topological polar surface area (TPSA) is 329 Å². The van der Waals surface area contributed by atoms with Crippen LogP contribution in [0.3, 0.4) is 0 Å². The Bertz CT molecular complexity index is 5160. The number of aromatic nitrogens is 4. The van der Waals surface area contributed by atoms with Crippen molar-refractivity contribution < 1.29 is 75.7 Å². The number of carbonyl (C=O) groups excluding carboxylic acids is 2.